The van der Waals surface area contributed by atoms with Crippen molar-refractivity contribution in [3.63, 3.8) is 0 Å². The Kier molecular flexibility index (Phi) is 6.04. The molecule has 0 amide bonds. The minimum Gasteiger partial charge on any atom is -0.494 e. The first kappa shape index (κ1) is 22.2. The van der Waals surface area contributed by atoms with E-state index in [1.807, 2.05) is 61.5 Å². The van der Waals surface area contributed by atoms with E-state index < -0.39 is 0 Å². The van der Waals surface area contributed by atoms with E-state index in [0.29, 0.717) is 13.2 Å². The molecule has 5 nitrogen and oxygen atoms in total. The maximum atomic E-state index is 6.49. The molecule has 0 radical (unpaired) electrons. The second-order valence-electron chi connectivity index (χ2n) is 8.96. The molecule has 0 aliphatic carbocycles. The molecule has 0 bridgehead atoms. The first-order chi connectivity index (χ1) is 17.8. The Balaban J connectivity index is 1.26. The fraction of sp³-hybridized carbons (Fsp3) is 0.194. The van der Waals surface area contributed by atoms with Crippen molar-refractivity contribution >= 4 is 5.71 Å². The quantitative estimate of drug-likeness (QED) is 0.291. The molecule has 0 fully saturated rings. The molecule has 2 aliphatic heterocycles. The van der Waals surface area contributed by atoms with Crippen LogP contribution in [-0.2, 0) is 6.61 Å². The molecule has 0 spiro atoms. The first-order valence-electron chi connectivity index (χ1n) is 12.4. The minimum absolute atomic E-state index is 0.121. The van der Waals surface area contributed by atoms with E-state index in [2.05, 4.69) is 53.5 Å². The summed E-state index contributed by atoms with van der Waals surface area (Å²) < 4.78 is 18.1. The van der Waals surface area contributed by atoms with E-state index in [4.69, 9.17) is 19.3 Å². The van der Waals surface area contributed by atoms with Crippen LogP contribution in [0.2, 0.25) is 0 Å². The van der Waals surface area contributed by atoms with Gasteiger partial charge in [-0.2, -0.15) is 5.10 Å². The molecule has 0 N–H and O–H groups in total. The molecule has 180 valence electrons. The predicted octanol–water partition coefficient (Wildman–Crippen LogP) is 6.91. The average Bonchev–Trinajstić information content (AvgIpc) is 3.39. The standard InChI is InChI=1S/C31H28N2O3/c1-2-34-25-16-12-23(13-17-25)28-20-29-27-10-6-7-11-30(27)36-31(33(29)32-28)24-14-18-26(19-15-24)35-21-22-8-4-3-5-9-22/h3-19,29,31H,2,20-21H2,1H3/t29-,31+/m0/s1. The fourth-order valence-electron chi connectivity index (χ4n) is 4.81. The van der Waals surface area contributed by atoms with Gasteiger partial charge < -0.3 is 14.2 Å². The summed E-state index contributed by atoms with van der Waals surface area (Å²) in [5.41, 5.74) is 5.51. The molecule has 36 heavy (non-hydrogen) atoms. The van der Waals surface area contributed by atoms with Gasteiger partial charge in [-0.05, 0) is 72.6 Å². The van der Waals surface area contributed by atoms with Crippen LogP contribution in [0.15, 0.2) is 108 Å². The van der Waals surface area contributed by atoms with E-state index in [1.54, 1.807) is 0 Å². The van der Waals surface area contributed by atoms with Crippen LogP contribution in [-0.4, -0.2) is 17.3 Å². The SMILES string of the molecule is CCOc1ccc(C2=NN3[C@@H](c4ccc(OCc5ccccc5)cc4)Oc4ccccc4[C@@H]3C2)cc1. The fourth-order valence-corrected chi connectivity index (χ4v) is 4.81. The Hall–Kier alpha value is -4.25. The molecule has 0 aromatic heterocycles. The number of hydrogen-bond acceptors (Lipinski definition) is 5. The number of benzene rings is 4. The van der Waals surface area contributed by atoms with Crippen molar-refractivity contribution in [2.24, 2.45) is 5.10 Å². The van der Waals surface area contributed by atoms with E-state index in [0.717, 1.165) is 46.1 Å². The van der Waals surface area contributed by atoms with Gasteiger partial charge >= 0.3 is 0 Å². The summed E-state index contributed by atoms with van der Waals surface area (Å²) in [7, 11) is 0. The maximum absolute atomic E-state index is 6.49. The van der Waals surface area contributed by atoms with Gasteiger partial charge in [0, 0.05) is 17.5 Å². The Bertz CT molecular complexity index is 1350. The van der Waals surface area contributed by atoms with Crippen LogP contribution in [0.4, 0.5) is 0 Å². The van der Waals surface area contributed by atoms with Crippen molar-refractivity contribution < 1.29 is 14.2 Å². The molecule has 0 saturated carbocycles. The summed E-state index contributed by atoms with van der Waals surface area (Å²) in [4.78, 5) is 0. The molecule has 5 heteroatoms. The van der Waals surface area contributed by atoms with Crippen molar-refractivity contribution in [3.8, 4) is 17.2 Å². The molecule has 0 unspecified atom stereocenters. The monoisotopic (exact) mass is 476 g/mol. The number of hydrogen-bond donors (Lipinski definition) is 0. The molecule has 4 aromatic rings. The number of hydrazone groups is 1. The zero-order valence-electron chi connectivity index (χ0n) is 20.2. The Morgan fingerprint density at radius 2 is 1.50 bits per heavy atom. The topological polar surface area (TPSA) is 43.3 Å². The normalized spacial score (nSPS) is 18.0. The van der Waals surface area contributed by atoms with Gasteiger partial charge in [-0.15, -0.1) is 0 Å². The summed E-state index contributed by atoms with van der Waals surface area (Å²) in [5, 5.41) is 7.17. The van der Waals surface area contributed by atoms with Crippen LogP contribution in [0.3, 0.4) is 0 Å². The molecular weight excluding hydrogens is 448 g/mol. The predicted molar refractivity (Wildman–Crippen MR) is 140 cm³/mol. The third kappa shape index (κ3) is 4.40. The van der Waals surface area contributed by atoms with Gasteiger partial charge in [0.15, 0.2) is 0 Å². The Labute approximate surface area is 211 Å². The first-order valence-corrected chi connectivity index (χ1v) is 12.4. The Morgan fingerprint density at radius 1 is 0.806 bits per heavy atom. The highest BCUT2D eigenvalue weighted by Gasteiger charge is 2.40. The average molecular weight is 477 g/mol. The summed E-state index contributed by atoms with van der Waals surface area (Å²) in [5.74, 6) is 2.62. The highest BCUT2D eigenvalue weighted by atomic mass is 16.5. The maximum Gasteiger partial charge on any atom is 0.213 e. The van der Waals surface area contributed by atoms with Crippen LogP contribution < -0.4 is 14.2 Å². The third-order valence-corrected chi connectivity index (χ3v) is 6.61. The van der Waals surface area contributed by atoms with E-state index >= 15 is 0 Å². The van der Waals surface area contributed by atoms with Crippen LogP contribution >= 0.6 is 0 Å². The highest BCUT2D eigenvalue weighted by Crippen LogP contribution is 2.47. The zero-order valence-corrected chi connectivity index (χ0v) is 20.2. The van der Waals surface area contributed by atoms with Gasteiger partial charge in [-0.3, -0.25) is 0 Å². The number of ether oxygens (including phenoxy) is 3. The molecular formula is C31H28N2O3. The molecule has 2 aliphatic rings. The van der Waals surface area contributed by atoms with Crippen molar-refractivity contribution in [1.82, 2.24) is 5.01 Å². The van der Waals surface area contributed by atoms with Gasteiger partial charge in [-0.25, -0.2) is 5.01 Å². The van der Waals surface area contributed by atoms with E-state index in [9.17, 15) is 0 Å². The second-order valence-corrected chi connectivity index (χ2v) is 8.96. The highest BCUT2D eigenvalue weighted by molar-refractivity contribution is 6.02. The summed E-state index contributed by atoms with van der Waals surface area (Å²) >= 11 is 0. The second kappa shape index (κ2) is 9.78. The lowest BCUT2D eigenvalue weighted by atomic mass is 9.96. The van der Waals surface area contributed by atoms with Gasteiger partial charge in [0.25, 0.3) is 0 Å². The van der Waals surface area contributed by atoms with Crippen molar-refractivity contribution in [3.05, 3.63) is 125 Å². The largest absolute Gasteiger partial charge is 0.494 e. The zero-order chi connectivity index (χ0) is 24.3. The summed E-state index contributed by atoms with van der Waals surface area (Å²) in [6.07, 6.45) is 0.511. The van der Waals surface area contributed by atoms with E-state index in [-0.39, 0.29) is 12.3 Å². The van der Waals surface area contributed by atoms with E-state index in [1.165, 1.54) is 5.56 Å². The van der Waals surface area contributed by atoms with Gasteiger partial charge in [0.05, 0.1) is 18.4 Å². The Morgan fingerprint density at radius 3 is 2.28 bits per heavy atom. The number of fused-ring (bicyclic) bond motifs is 3. The lowest BCUT2D eigenvalue weighted by molar-refractivity contribution is -0.0190. The molecule has 4 aromatic carbocycles. The molecule has 2 heterocycles. The number of nitrogens with zero attached hydrogens (tertiary/aromatic N) is 2. The lowest BCUT2D eigenvalue weighted by Crippen LogP contribution is -2.33. The summed E-state index contributed by atoms with van der Waals surface area (Å²) in [6, 6.07) is 34.9. The molecule has 6 rings (SSSR count). The molecule has 0 saturated heterocycles. The van der Waals surface area contributed by atoms with Crippen LogP contribution in [0.25, 0.3) is 0 Å². The van der Waals surface area contributed by atoms with Crippen LogP contribution in [0, 0.1) is 0 Å². The van der Waals surface area contributed by atoms with Crippen molar-refractivity contribution in [2.75, 3.05) is 6.61 Å². The number of para-hydroxylation sites is 1. The number of rotatable bonds is 7. The van der Waals surface area contributed by atoms with Gasteiger partial charge in [-0.1, -0.05) is 48.5 Å². The molecule has 2 atom stereocenters. The third-order valence-electron chi connectivity index (χ3n) is 6.61. The minimum atomic E-state index is -0.312. The van der Waals surface area contributed by atoms with Gasteiger partial charge in [0.2, 0.25) is 6.23 Å². The lowest BCUT2D eigenvalue weighted by Gasteiger charge is -2.38. The van der Waals surface area contributed by atoms with Crippen LogP contribution in [0.5, 0.6) is 17.2 Å². The van der Waals surface area contributed by atoms with Gasteiger partial charge in [0.1, 0.15) is 23.9 Å². The van der Waals surface area contributed by atoms with Crippen molar-refractivity contribution in [1.29, 1.82) is 0 Å². The smallest absolute Gasteiger partial charge is 0.213 e. The van der Waals surface area contributed by atoms with Crippen LogP contribution in [0.1, 0.15) is 47.9 Å². The van der Waals surface area contributed by atoms with Crippen molar-refractivity contribution in [2.45, 2.75) is 32.2 Å². The summed E-state index contributed by atoms with van der Waals surface area (Å²) in [6.45, 7) is 3.19.